The number of nitrogens with zero attached hydrogens (tertiary/aromatic N) is 1. The van der Waals surface area contributed by atoms with E-state index in [1.54, 1.807) is 0 Å². The SMILES string of the molecule is CC1([C@H](NC(O)NC2(CS(=O)O)CCCCC2)C(=O)N2CCC[C@H]2C(=O)NCC(=O)C(=O)NC2CC2)CCCCC1. The summed E-state index contributed by atoms with van der Waals surface area (Å²) in [6.07, 6.45) is 10.1. The molecule has 3 amide bonds. The summed E-state index contributed by atoms with van der Waals surface area (Å²) in [7, 11) is 0. The van der Waals surface area contributed by atoms with Crippen LogP contribution in [0.4, 0.5) is 0 Å². The molecule has 12 nitrogen and oxygen atoms in total. The van der Waals surface area contributed by atoms with E-state index in [1.807, 2.05) is 6.92 Å². The molecule has 2 unspecified atom stereocenters. The van der Waals surface area contributed by atoms with Gasteiger partial charge in [0.15, 0.2) is 17.4 Å². The summed E-state index contributed by atoms with van der Waals surface area (Å²) in [4.78, 5) is 53.0. The molecular formula is C28H47N5O7S. The van der Waals surface area contributed by atoms with Crippen LogP contribution in [-0.2, 0) is 30.3 Å². The Hall–Kier alpha value is -1.93. The Labute approximate surface area is 244 Å². The van der Waals surface area contributed by atoms with E-state index in [0.29, 0.717) is 32.2 Å². The maximum absolute atomic E-state index is 14.1. The van der Waals surface area contributed by atoms with Crippen molar-refractivity contribution in [2.24, 2.45) is 5.41 Å². The minimum Gasteiger partial charge on any atom is -0.365 e. The van der Waals surface area contributed by atoms with Crippen molar-refractivity contribution in [1.82, 2.24) is 26.2 Å². The molecule has 0 aromatic rings. The van der Waals surface area contributed by atoms with E-state index in [-0.39, 0.29) is 17.7 Å². The van der Waals surface area contributed by atoms with Crippen molar-refractivity contribution in [3.8, 4) is 0 Å². The third-order valence-corrected chi connectivity index (χ3v) is 10.1. The molecule has 1 saturated heterocycles. The minimum absolute atomic E-state index is 0.00656. The van der Waals surface area contributed by atoms with Crippen molar-refractivity contribution in [3.63, 3.8) is 0 Å². The third kappa shape index (κ3) is 8.56. The van der Waals surface area contributed by atoms with Gasteiger partial charge >= 0.3 is 0 Å². The third-order valence-electron chi connectivity index (χ3n) is 9.35. The van der Waals surface area contributed by atoms with Gasteiger partial charge < -0.3 is 25.2 Å². The highest BCUT2D eigenvalue weighted by atomic mass is 32.2. The lowest BCUT2D eigenvalue weighted by molar-refractivity contribution is -0.145. The van der Waals surface area contributed by atoms with Crippen LogP contribution in [0.2, 0.25) is 0 Å². The smallest absolute Gasteiger partial charge is 0.289 e. The first kappa shape index (κ1) is 32.0. The van der Waals surface area contributed by atoms with E-state index < -0.39 is 64.6 Å². The Kier molecular flexibility index (Phi) is 10.9. The zero-order chi connectivity index (χ0) is 29.6. The summed E-state index contributed by atoms with van der Waals surface area (Å²) in [5.74, 6) is -2.18. The Morgan fingerprint density at radius 1 is 0.951 bits per heavy atom. The number of carbonyl (C=O) groups is 4. The van der Waals surface area contributed by atoms with E-state index in [9.17, 15) is 33.0 Å². The minimum atomic E-state index is -2.04. The number of rotatable bonds is 13. The average Bonchev–Trinajstić information content (AvgIpc) is 3.60. The summed E-state index contributed by atoms with van der Waals surface area (Å²) in [6.45, 7) is 1.99. The van der Waals surface area contributed by atoms with E-state index >= 15 is 0 Å². The fourth-order valence-electron chi connectivity index (χ4n) is 6.83. The Morgan fingerprint density at radius 2 is 1.59 bits per heavy atom. The molecule has 1 heterocycles. The lowest BCUT2D eigenvalue weighted by Gasteiger charge is -2.45. The van der Waals surface area contributed by atoms with E-state index in [2.05, 4.69) is 21.3 Å². The topological polar surface area (TPSA) is 177 Å². The van der Waals surface area contributed by atoms with Crippen molar-refractivity contribution in [3.05, 3.63) is 0 Å². The first-order chi connectivity index (χ1) is 19.5. The van der Waals surface area contributed by atoms with Crippen molar-refractivity contribution in [2.75, 3.05) is 18.8 Å². The second-order valence-electron chi connectivity index (χ2n) is 12.7. The second-order valence-corrected chi connectivity index (χ2v) is 13.7. The number of likely N-dealkylation sites (tertiary alicyclic amines) is 1. The van der Waals surface area contributed by atoms with Crippen molar-refractivity contribution >= 4 is 34.6 Å². The van der Waals surface area contributed by atoms with Crippen LogP contribution < -0.4 is 21.3 Å². The largest absolute Gasteiger partial charge is 0.365 e. The summed E-state index contributed by atoms with van der Waals surface area (Å²) >= 11 is -2.04. The van der Waals surface area contributed by atoms with Gasteiger partial charge in [0, 0.05) is 18.1 Å². The number of carbonyl (C=O) groups excluding carboxylic acids is 4. The fourth-order valence-corrected chi connectivity index (χ4v) is 7.68. The summed E-state index contributed by atoms with van der Waals surface area (Å²) in [6, 6.07) is -1.52. The maximum Gasteiger partial charge on any atom is 0.289 e. The van der Waals surface area contributed by atoms with Gasteiger partial charge in [-0.25, -0.2) is 4.21 Å². The number of hydrogen-bond donors (Lipinski definition) is 6. The standard InChI is InChI=1S/C28H47N5O7S/c1-27(12-4-2-5-13-27)22(31-26(38)32-28(18-41(39)40)14-6-3-7-15-28)25(37)33-16-8-9-20(33)23(35)29-17-21(34)24(36)30-19-10-11-19/h19-20,22,26,31-32,38H,2-18H2,1H3,(H,29,35)(H,30,36)(H,39,40)/t20-,22+,26?/m0/s1. The molecule has 4 atom stereocenters. The van der Waals surface area contributed by atoms with Crippen molar-refractivity contribution < 1.29 is 33.0 Å². The number of aliphatic hydroxyl groups is 1. The van der Waals surface area contributed by atoms with Gasteiger partial charge in [0.05, 0.1) is 18.3 Å². The maximum atomic E-state index is 14.1. The molecule has 4 rings (SSSR count). The Balaban J connectivity index is 1.44. The predicted molar refractivity (Wildman–Crippen MR) is 153 cm³/mol. The monoisotopic (exact) mass is 597 g/mol. The molecule has 3 aliphatic carbocycles. The molecule has 0 radical (unpaired) electrons. The van der Waals surface area contributed by atoms with Crippen LogP contribution in [0, 0.1) is 5.41 Å². The van der Waals surface area contributed by atoms with Gasteiger partial charge in [0.2, 0.25) is 17.6 Å². The Morgan fingerprint density at radius 3 is 2.20 bits per heavy atom. The average molecular weight is 598 g/mol. The van der Waals surface area contributed by atoms with Crippen LogP contribution in [0.1, 0.15) is 96.8 Å². The first-order valence-electron chi connectivity index (χ1n) is 15.2. The number of hydrogen-bond acceptors (Lipinski definition) is 8. The zero-order valence-corrected chi connectivity index (χ0v) is 24.9. The molecule has 41 heavy (non-hydrogen) atoms. The highest BCUT2D eigenvalue weighted by molar-refractivity contribution is 7.79. The molecule has 0 spiro atoms. The van der Waals surface area contributed by atoms with Crippen LogP contribution in [0.5, 0.6) is 0 Å². The Bertz CT molecular complexity index is 994. The van der Waals surface area contributed by atoms with Gasteiger partial charge in [0.25, 0.3) is 5.91 Å². The summed E-state index contributed by atoms with van der Waals surface area (Å²) in [5, 5.41) is 22.7. The van der Waals surface area contributed by atoms with Gasteiger partial charge in [0.1, 0.15) is 6.04 Å². The van der Waals surface area contributed by atoms with Gasteiger partial charge in [-0.1, -0.05) is 45.4 Å². The fraction of sp³-hybridized carbons (Fsp3) is 0.857. The van der Waals surface area contributed by atoms with Gasteiger partial charge in [-0.2, -0.15) is 0 Å². The van der Waals surface area contributed by atoms with Crippen LogP contribution >= 0.6 is 0 Å². The molecule has 13 heteroatoms. The van der Waals surface area contributed by atoms with E-state index in [1.165, 1.54) is 4.90 Å². The molecule has 4 fully saturated rings. The predicted octanol–water partition coefficient (Wildman–Crippen LogP) is 0.660. The molecule has 3 saturated carbocycles. The number of amides is 3. The van der Waals surface area contributed by atoms with Crippen LogP contribution in [0.25, 0.3) is 0 Å². The molecule has 232 valence electrons. The summed E-state index contributed by atoms with van der Waals surface area (Å²) < 4.78 is 21.4. The van der Waals surface area contributed by atoms with Crippen molar-refractivity contribution in [2.45, 2.75) is 127 Å². The number of nitrogens with one attached hydrogen (secondary N) is 4. The molecular weight excluding hydrogens is 550 g/mol. The summed E-state index contributed by atoms with van der Waals surface area (Å²) in [5.41, 5.74) is -1.17. The molecule has 1 aliphatic heterocycles. The molecule has 0 bridgehead atoms. The van der Waals surface area contributed by atoms with Crippen LogP contribution in [-0.4, -0.2) is 91.1 Å². The van der Waals surface area contributed by atoms with Gasteiger partial charge in [-0.05, 0) is 56.8 Å². The lowest BCUT2D eigenvalue weighted by Crippen LogP contribution is -2.65. The second kappa shape index (κ2) is 14.0. The van der Waals surface area contributed by atoms with E-state index in [0.717, 1.165) is 64.2 Å². The quantitative estimate of drug-likeness (QED) is 0.101. The zero-order valence-electron chi connectivity index (χ0n) is 24.1. The highest BCUT2D eigenvalue weighted by Crippen LogP contribution is 2.40. The number of ketones is 1. The van der Waals surface area contributed by atoms with Gasteiger partial charge in [-0.15, -0.1) is 0 Å². The number of Topliss-reactive ketones (excluding diaryl/α,β-unsaturated/α-hetero) is 1. The lowest BCUT2D eigenvalue weighted by atomic mass is 9.70. The van der Waals surface area contributed by atoms with E-state index in [4.69, 9.17) is 0 Å². The van der Waals surface area contributed by atoms with Gasteiger partial charge in [-0.3, -0.25) is 29.8 Å². The van der Waals surface area contributed by atoms with Crippen molar-refractivity contribution in [1.29, 1.82) is 0 Å². The molecule has 6 N–H and O–H groups in total. The highest BCUT2D eigenvalue weighted by Gasteiger charge is 2.47. The number of aliphatic hydroxyl groups excluding tert-OH is 1. The van der Waals surface area contributed by atoms with Crippen LogP contribution in [0.15, 0.2) is 0 Å². The molecule has 0 aromatic carbocycles. The van der Waals surface area contributed by atoms with Crippen LogP contribution in [0.3, 0.4) is 0 Å². The normalized spacial score (nSPS) is 26.0. The molecule has 4 aliphatic rings. The molecule has 0 aromatic heterocycles. The first-order valence-corrected chi connectivity index (χ1v) is 16.5.